The Balaban J connectivity index is 0.000000755. The quantitative estimate of drug-likeness (QED) is 0.540. The molecule has 3 aromatic rings. The SMILES string of the molecule is CC=O.Cc1cc2c(cc1C#N)c(-c1cncc(N)c1Cl)cn2C1CCCCC1. The lowest BCUT2D eigenvalue weighted by Gasteiger charge is -2.24. The number of halogens is 1. The maximum absolute atomic E-state index is 9.48. The molecule has 0 bridgehead atoms. The van der Waals surface area contributed by atoms with E-state index in [1.54, 1.807) is 12.4 Å². The third-order valence-corrected chi connectivity index (χ3v) is 5.89. The number of benzene rings is 1. The number of anilines is 1. The van der Waals surface area contributed by atoms with E-state index in [1.807, 2.05) is 13.0 Å². The second-order valence-electron chi connectivity index (χ2n) is 7.36. The van der Waals surface area contributed by atoms with Crippen molar-refractivity contribution in [2.45, 2.75) is 52.0 Å². The van der Waals surface area contributed by atoms with E-state index in [1.165, 1.54) is 39.0 Å². The summed E-state index contributed by atoms with van der Waals surface area (Å²) in [5.41, 5.74) is 11.1. The summed E-state index contributed by atoms with van der Waals surface area (Å²) in [6.45, 7) is 3.44. The van der Waals surface area contributed by atoms with Crippen LogP contribution in [-0.4, -0.2) is 15.8 Å². The maximum atomic E-state index is 9.48. The lowest BCUT2D eigenvalue weighted by atomic mass is 9.95. The molecule has 0 saturated heterocycles. The zero-order valence-corrected chi connectivity index (χ0v) is 17.5. The fourth-order valence-electron chi connectivity index (χ4n) is 4.05. The van der Waals surface area contributed by atoms with Crippen LogP contribution in [0.4, 0.5) is 5.69 Å². The number of nitrogen functional groups attached to an aromatic ring is 1. The summed E-state index contributed by atoms with van der Waals surface area (Å²) in [6.07, 6.45) is 12.4. The number of carbonyl (C=O) groups excluding carboxylic acids is 1. The zero-order chi connectivity index (χ0) is 21.0. The summed E-state index contributed by atoms with van der Waals surface area (Å²) in [7, 11) is 0. The highest BCUT2D eigenvalue weighted by molar-refractivity contribution is 6.36. The predicted molar refractivity (Wildman–Crippen MR) is 118 cm³/mol. The van der Waals surface area contributed by atoms with Gasteiger partial charge in [0.25, 0.3) is 0 Å². The van der Waals surface area contributed by atoms with E-state index in [0.717, 1.165) is 33.9 Å². The summed E-state index contributed by atoms with van der Waals surface area (Å²) in [6, 6.07) is 6.88. The molecule has 4 rings (SSSR count). The number of aldehydes is 1. The zero-order valence-electron chi connectivity index (χ0n) is 16.8. The molecule has 5 nitrogen and oxygen atoms in total. The first-order valence-electron chi connectivity index (χ1n) is 9.86. The Hall–Kier alpha value is -2.84. The van der Waals surface area contributed by atoms with Crippen molar-refractivity contribution in [3.63, 3.8) is 0 Å². The highest BCUT2D eigenvalue weighted by atomic mass is 35.5. The van der Waals surface area contributed by atoms with Crippen LogP contribution in [0, 0.1) is 18.3 Å². The molecule has 0 atom stereocenters. The summed E-state index contributed by atoms with van der Waals surface area (Å²) in [5, 5.41) is 11.0. The number of nitriles is 1. The minimum Gasteiger partial charge on any atom is -0.396 e. The van der Waals surface area contributed by atoms with Crippen molar-refractivity contribution in [3.05, 3.63) is 46.9 Å². The third kappa shape index (κ3) is 4.13. The highest BCUT2D eigenvalue weighted by Crippen LogP contribution is 2.41. The number of hydrogen-bond donors (Lipinski definition) is 1. The molecule has 150 valence electrons. The first-order valence-corrected chi connectivity index (χ1v) is 10.2. The Morgan fingerprint density at radius 3 is 2.59 bits per heavy atom. The number of hydrogen-bond acceptors (Lipinski definition) is 4. The molecule has 1 fully saturated rings. The van der Waals surface area contributed by atoms with Crippen LogP contribution in [0.15, 0.2) is 30.7 Å². The average molecular weight is 409 g/mol. The van der Waals surface area contributed by atoms with E-state index in [-0.39, 0.29) is 0 Å². The third-order valence-electron chi connectivity index (χ3n) is 5.47. The number of aromatic nitrogens is 2. The Kier molecular flexibility index (Phi) is 6.56. The monoisotopic (exact) mass is 408 g/mol. The second-order valence-corrected chi connectivity index (χ2v) is 7.74. The van der Waals surface area contributed by atoms with Crippen LogP contribution in [0.2, 0.25) is 5.02 Å². The Morgan fingerprint density at radius 2 is 1.93 bits per heavy atom. The summed E-state index contributed by atoms with van der Waals surface area (Å²) < 4.78 is 2.37. The van der Waals surface area contributed by atoms with Crippen molar-refractivity contribution >= 4 is 34.5 Å². The van der Waals surface area contributed by atoms with E-state index in [4.69, 9.17) is 22.1 Å². The molecule has 2 aromatic heterocycles. The first kappa shape index (κ1) is 20.9. The molecule has 1 aliphatic rings. The fourth-order valence-corrected chi connectivity index (χ4v) is 4.24. The van der Waals surface area contributed by atoms with Gasteiger partial charge in [-0.15, -0.1) is 0 Å². The van der Waals surface area contributed by atoms with Gasteiger partial charge in [0.05, 0.1) is 28.5 Å². The van der Waals surface area contributed by atoms with Crippen LogP contribution >= 0.6 is 11.6 Å². The van der Waals surface area contributed by atoms with Crippen LogP contribution in [0.5, 0.6) is 0 Å². The Morgan fingerprint density at radius 1 is 1.24 bits per heavy atom. The predicted octanol–water partition coefficient (Wildman–Crippen LogP) is 5.83. The van der Waals surface area contributed by atoms with Gasteiger partial charge in [-0.1, -0.05) is 30.9 Å². The molecular weight excluding hydrogens is 384 g/mol. The standard InChI is InChI=1S/C21H21ClN4.C2H4O/c1-13-7-20-16(8-14(13)9-23)18(17-10-25-11-19(24)21(17)22)12-26(20)15-5-3-2-4-6-15;1-2-3/h7-8,10-12,15H,2-6,24H2,1H3;2H,1H3. The van der Waals surface area contributed by atoms with Gasteiger partial charge in [-0.2, -0.15) is 5.26 Å². The smallest absolute Gasteiger partial charge is 0.116 e. The van der Waals surface area contributed by atoms with Gasteiger partial charge in [0, 0.05) is 40.5 Å². The van der Waals surface area contributed by atoms with Crippen LogP contribution in [0.3, 0.4) is 0 Å². The summed E-state index contributed by atoms with van der Waals surface area (Å²) in [5.74, 6) is 0. The molecule has 0 aliphatic heterocycles. The lowest BCUT2D eigenvalue weighted by molar-refractivity contribution is -0.106. The van der Waals surface area contributed by atoms with E-state index in [2.05, 4.69) is 27.9 Å². The largest absolute Gasteiger partial charge is 0.396 e. The molecule has 29 heavy (non-hydrogen) atoms. The van der Waals surface area contributed by atoms with E-state index in [9.17, 15) is 5.26 Å². The van der Waals surface area contributed by atoms with Crippen LogP contribution < -0.4 is 5.73 Å². The summed E-state index contributed by atoms with van der Waals surface area (Å²) in [4.78, 5) is 13.0. The van der Waals surface area contributed by atoms with Crippen LogP contribution in [0.1, 0.15) is 56.2 Å². The fraction of sp³-hybridized carbons (Fsp3) is 0.348. The van der Waals surface area contributed by atoms with E-state index in [0.29, 0.717) is 22.3 Å². The number of aryl methyl sites for hydroxylation is 1. The Labute approximate surface area is 176 Å². The number of nitrogens with two attached hydrogens (primary N) is 1. The van der Waals surface area contributed by atoms with Crippen molar-refractivity contribution in [1.82, 2.24) is 9.55 Å². The number of pyridine rings is 1. The number of carbonyl (C=O) groups is 1. The first-order chi connectivity index (χ1) is 14.0. The highest BCUT2D eigenvalue weighted by Gasteiger charge is 2.21. The van der Waals surface area contributed by atoms with Gasteiger partial charge in [-0.3, -0.25) is 4.98 Å². The molecule has 2 N–H and O–H groups in total. The van der Waals surface area contributed by atoms with E-state index < -0.39 is 0 Å². The molecule has 2 heterocycles. The van der Waals surface area contributed by atoms with Crippen LogP contribution in [-0.2, 0) is 4.79 Å². The molecule has 0 spiro atoms. The van der Waals surface area contributed by atoms with Gasteiger partial charge < -0.3 is 15.1 Å². The molecule has 6 heteroatoms. The average Bonchev–Trinajstić information content (AvgIpc) is 3.08. The van der Waals surface area contributed by atoms with Gasteiger partial charge in [-0.05, 0) is 44.4 Å². The van der Waals surface area contributed by atoms with Crippen molar-refractivity contribution in [3.8, 4) is 17.2 Å². The van der Waals surface area contributed by atoms with Crippen LogP contribution in [0.25, 0.3) is 22.0 Å². The topological polar surface area (TPSA) is 84.7 Å². The van der Waals surface area contributed by atoms with E-state index >= 15 is 0 Å². The normalized spacial score (nSPS) is 14.1. The molecule has 1 saturated carbocycles. The molecule has 1 aromatic carbocycles. The minimum absolute atomic E-state index is 0.468. The lowest BCUT2D eigenvalue weighted by Crippen LogP contribution is -2.11. The van der Waals surface area contributed by atoms with Gasteiger partial charge in [0.15, 0.2) is 0 Å². The van der Waals surface area contributed by atoms with Crippen molar-refractivity contribution in [2.75, 3.05) is 5.73 Å². The van der Waals surface area contributed by atoms with Crippen molar-refractivity contribution in [2.24, 2.45) is 0 Å². The number of rotatable bonds is 2. The van der Waals surface area contributed by atoms with Gasteiger partial charge in [-0.25, -0.2) is 0 Å². The molecule has 0 unspecified atom stereocenters. The molecule has 1 aliphatic carbocycles. The maximum Gasteiger partial charge on any atom is 0.116 e. The number of fused-ring (bicyclic) bond motifs is 1. The summed E-state index contributed by atoms with van der Waals surface area (Å²) >= 11 is 6.49. The van der Waals surface area contributed by atoms with Crippen molar-refractivity contribution in [1.29, 1.82) is 5.26 Å². The number of nitrogens with zero attached hydrogens (tertiary/aromatic N) is 3. The molecule has 0 amide bonds. The van der Waals surface area contributed by atoms with Gasteiger partial charge >= 0.3 is 0 Å². The van der Waals surface area contributed by atoms with Gasteiger partial charge in [0.1, 0.15) is 6.29 Å². The Bertz CT molecular complexity index is 1070. The molecule has 0 radical (unpaired) electrons. The molecular formula is C23H25ClN4O. The minimum atomic E-state index is 0.468. The van der Waals surface area contributed by atoms with Gasteiger partial charge in [0.2, 0.25) is 0 Å². The second kappa shape index (κ2) is 9.11. The van der Waals surface area contributed by atoms with Crippen molar-refractivity contribution < 1.29 is 4.79 Å².